The molecule has 9 heteroatoms. The summed E-state index contributed by atoms with van der Waals surface area (Å²) in [4.78, 5) is 23.2. The molecule has 1 aliphatic rings. The molecule has 3 aromatic rings. The Morgan fingerprint density at radius 2 is 2.03 bits per heavy atom. The van der Waals surface area contributed by atoms with Crippen LogP contribution in [0.4, 0.5) is 4.39 Å². The normalized spacial score (nSPS) is 14.8. The molecule has 3 heterocycles. The van der Waals surface area contributed by atoms with Crippen LogP contribution >= 0.6 is 0 Å². The van der Waals surface area contributed by atoms with Crippen molar-refractivity contribution in [1.29, 1.82) is 5.26 Å². The van der Waals surface area contributed by atoms with Gasteiger partial charge in [0.2, 0.25) is 0 Å². The highest BCUT2D eigenvalue weighted by atomic mass is 19.1. The molecule has 0 fully saturated rings. The van der Waals surface area contributed by atoms with Gasteiger partial charge in [-0.05, 0) is 54.8 Å². The molecule has 1 unspecified atom stereocenters. The summed E-state index contributed by atoms with van der Waals surface area (Å²) in [5, 5.41) is 23.8. The lowest BCUT2D eigenvalue weighted by Crippen LogP contribution is -2.25. The fourth-order valence-electron chi connectivity index (χ4n) is 3.64. The second kappa shape index (κ2) is 9.53. The molecule has 166 valence electrons. The van der Waals surface area contributed by atoms with Gasteiger partial charge >= 0.3 is 0 Å². The van der Waals surface area contributed by atoms with Crippen LogP contribution < -0.4 is 5.32 Å². The van der Waals surface area contributed by atoms with Gasteiger partial charge in [0.1, 0.15) is 23.3 Å². The van der Waals surface area contributed by atoms with Crippen molar-refractivity contribution in [2.24, 2.45) is 5.16 Å². The number of aryl methyl sites for hydroxylation is 1. The maximum atomic E-state index is 13.1. The molecule has 0 bridgehead atoms. The lowest BCUT2D eigenvalue weighted by atomic mass is 9.99. The van der Waals surface area contributed by atoms with Crippen molar-refractivity contribution >= 4 is 11.6 Å². The second-order valence-corrected chi connectivity index (χ2v) is 7.57. The summed E-state index contributed by atoms with van der Waals surface area (Å²) < 4.78 is 13.1. The first kappa shape index (κ1) is 22.0. The highest BCUT2D eigenvalue weighted by Gasteiger charge is 2.27. The van der Waals surface area contributed by atoms with Crippen molar-refractivity contribution in [3.63, 3.8) is 0 Å². The SMILES string of the molecule is CCc1c(C(=O)NCc2ccc(F)cc2)cc(C2=NOC(c3ccc(C#N)nn3)C2)nc1C. The van der Waals surface area contributed by atoms with Gasteiger partial charge in [0.25, 0.3) is 5.91 Å². The third-order valence-corrected chi connectivity index (χ3v) is 5.39. The van der Waals surface area contributed by atoms with Crippen LogP contribution in [-0.2, 0) is 17.8 Å². The van der Waals surface area contributed by atoms with E-state index in [0.29, 0.717) is 35.5 Å². The Labute approximate surface area is 190 Å². The second-order valence-electron chi connectivity index (χ2n) is 7.57. The van der Waals surface area contributed by atoms with Gasteiger partial charge in [-0.25, -0.2) is 4.39 Å². The molecule has 0 aliphatic carbocycles. The minimum atomic E-state index is -0.441. The smallest absolute Gasteiger partial charge is 0.251 e. The molecule has 1 aliphatic heterocycles. The molecule has 1 aromatic carbocycles. The van der Waals surface area contributed by atoms with E-state index in [1.807, 2.05) is 19.9 Å². The molecule has 4 rings (SSSR count). The van der Waals surface area contributed by atoms with Crippen molar-refractivity contribution in [3.05, 3.63) is 87.7 Å². The standard InChI is InChI=1S/C24H21FN6O2/c1-3-18-14(2)28-21(10-19(18)24(32)27-13-15-4-6-16(25)7-5-15)22-11-23(33-31-22)20-9-8-17(12-26)29-30-20/h4-10,23H,3,11,13H2,1-2H3,(H,27,32). The number of oxime groups is 1. The van der Waals surface area contributed by atoms with Crippen LogP contribution in [0.15, 0.2) is 47.6 Å². The number of carbonyl (C=O) groups is 1. The summed E-state index contributed by atoms with van der Waals surface area (Å²) >= 11 is 0. The van der Waals surface area contributed by atoms with Crippen LogP contribution in [0.2, 0.25) is 0 Å². The van der Waals surface area contributed by atoms with E-state index in [0.717, 1.165) is 16.8 Å². The van der Waals surface area contributed by atoms with Gasteiger partial charge in [0.05, 0.1) is 5.69 Å². The van der Waals surface area contributed by atoms with E-state index in [1.54, 1.807) is 30.3 Å². The van der Waals surface area contributed by atoms with E-state index < -0.39 is 6.10 Å². The number of nitriles is 1. The Kier molecular flexibility index (Phi) is 6.36. The lowest BCUT2D eigenvalue weighted by molar-refractivity contribution is 0.0818. The zero-order valence-corrected chi connectivity index (χ0v) is 18.2. The Hall–Kier alpha value is -4.19. The van der Waals surface area contributed by atoms with Crippen molar-refractivity contribution in [2.45, 2.75) is 39.3 Å². The van der Waals surface area contributed by atoms with Crippen molar-refractivity contribution < 1.29 is 14.0 Å². The van der Waals surface area contributed by atoms with Gasteiger partial charge < -0.3 is 10.2 Å². The zero-order chi connectivity index (χ0) is 23.4. The van der Waals surface area contributed by atoms with Crippen LogP contribution in [0.5, 0.6) is 0 Å². The van der Waals surface area contributed by atoms with Gasteiger partial charge in [0, 0.05) is 24.2 Å². The van der Waals surface area contributed by atoms with Gasteiger partial charge in [-0.1, -0.05) is 24.2 Å². The van der Waals surface area contributed by atoms with E-state index in [-0.39, 0.29) is 24.0 Å². The number of nitrogens with one attached hydrogen (secondary N) is 1. The average molecular weight is 444 g/mol. The highest BCUT2D eigenvalue weighted by molar-refractivity contribution is 6.03. The molecule has 8 nitrogen and oxygen atoms in total. The quantitative estimate of drug-likeness (QED) is 0.622. The Balaban J connectivity index is 1.53. The topological polar surface area (TPSA) is 113 Å². The monoisotopic (exact) mass is 444 g/mol. The minimum Gasteiger partial charge on any atom is -0.385 e. The number of rotatable bonds is 6. The maximum absolute atomic E-state index is 13.1. The zero-order valence-electron chi connectivity index (χ0n) is 18.2. The molecule has 1 atom stereocenters. The van der Waals surface area contributed by atoms with Crippen LogP contribution in [0.3, 0.4) is 0 Å². The number of hydrogen-bond acceptors (Lipinski definition) is 7. The van der Waals surface area contributed by atoms with Gasteiger partial charge in [0.15, 0.2) is 11.8 Å². The Bertz CT molecular complexity index is 1250. The molecule has 1 amide bonds. The van der Waals surface area contributed by atoms with Crippen molar-refractivity contribution in [3.8, 4) is 6.07 Å². The van der Waals surface area contributed by atoms with E-state index in [4.69, 9.17) is 10.1 Å². The first-order chi connectivity index (χ1) is 16.0. The third-order valence-electron chi connectivity index (χ3n) is 5.39. The summed E-state index contributed by atoms with van der Waals surface area (Å²) in [7, 11) is 0. The summed E-state index contributed by atoms with van der Waals surface area (Å²) in [6.07, 6.45) is 0.615. The number of nitrogens with zero attached hydrogens (tertiary/aromatic N) is 5. The van der Waals surface area contributed by atoms with Crippen LogP contribution in [0.25, 0.3) is 0 Å². The number of hydrogen-bond donors (Lipinski definition) is 1. The number of halogens is 1. The first-order valence-corrected chi connectivity index (χ1v) is 10.5. The summed E-state index contributed by atoms with van der Waals surface area (Å²) in [5.41, 5.74) is 4.86. The van der Waals surface area contributed by atoms with E-state index in [1.165, 1.54) is 12.1 Å². The minimum absolute atomic E-state index is 0.224. The molecule has 1 N–H and O–H groups in total. The lowest BCUT2D eigenvalue weighted by Gasteiger charge is -2.13. The summed E-state index contributed by atoms with van der Waals surface area (Å²) in [6.45, 7) is 4.11. The van der Waals surface area contributed by atoms with Crippen LogP contribution in [0, 0.1) is 24.1 Å². The van der Waals surface area contributed by atoms with Crippen molar-refractivity contribution in [2.75, 3.05) is 0 Å². The van der Waals surface area contributed by atoms with Gasteiger partial charge in [-0.3, -0.25) is 9.78 Å². The van der Waals surface area contributed by atoms with Gasteiger partial charge in [-0.2, -0.15) is 10.4 Å². The van der Waals surface area contributed by atoms with Crippen molar-refractivity contribution in [1.82, 2.24) is 20.5 Å². The summed E-state index contributed by atoms with van der Waals surface area (Å²) in [6, 6.07) is 12.9. The van der Waals surface area contributed by atoms with Gasteiger partial charge in [-0.15, -0.1) is 5.10 Å². The Morgan fingerprint density at radius 3 is 2.70 bits per heavy atom. The molecule has 0 saturated heterocycles. The largest absolute Gasteiger partial charge is 0.385 e. The number of aromatic nitrogens is 3. The van der Waals surface area contributed by atoms with Crippen LogP contribution in [-0.4, -0.2) is 26.8 Å². The molecule has 0 spiro atoms. The molecular formula is C24H21FN6O2. The predicted molar refractivity (Wildman–Crippen MR) is 118 cm³/mol. The third kappa shape index (κ3) is 4.85. The molecule has 33 heavy (non-hydrogen) atoms. The number of amides is 1. The predicted octanol–water partition coefficient (Wildman–Crippen LogP) is 3.55. The van der Waals surface area contributed by atoms with Crippen LogP contribution in [0.1, 0.15) is 63.7 Å². The number of pyridine rings is 1. The molecule has 2 aromatic heterocycles. The first-order valence-electron chi connectivity index (χ1n) is 10.5. The van der Waals surface area contributed by atoms with E-state index in [2.05, 4.69) is 25.7 Å². The van der Waals surface area contributed by atoms with E-state index in [9.17, 15) is 9.18 Å². The fraction of sp³-hybridized carbons (Fsp3) is 0.250. The average Bonchev–Trinajstić information content (AvgIpc) is 3.33. The van der Waals surface area contributed by atoms with E-state index >= 15 is 0 Å². The molecular weight excluding hydrogens is 423 g/mol. The number of carbonyl (C=O) groups excluding carboxylic acids is 1. The number of benzene rings is 1. The Morgan fingerprint density at radius 1 is 1.24 bits per heavy atom. The fourth-order valence-corrected chi connectivity index (χ4v) is 3.64. The summed E-state index contributed by atoms with van der Waals surface area (Å²) in [5.74, 6) is -0.561. The molecule has 0 radical (unpaired) electrons. The maximum Gasteiger partial charge on any atom is 0.251 e. The highest BCUT2D eigenvalue weighted by Crippen LogP contribution is 2.28. The molecule has 0 saturated carbocycles.